The molecule has 2 rings (SSSR count). The van der Waals surface area contributed by atoms with Gasteiger partial charge in [-0.2, -0.15) is 0 Å². The van der Waals surface area contributed by atoms with Gasteiger partial charge in [-0.05, 0) is 35.4 Å². The van der Waals surface area contributed by atoms with E-state index in [1.54, 1.807) is 14.2 Å². The zero-order valence-electron chi connectivity index (χ0n) is 11.9. The SMILES string of the molecule is COc1ccc(C(CS(=O)[O-])c2ccc(OC)cc2)cc1. The second-order valence-electron chi connectivity index (χ2n) is 4.57. The van der Waals surface area contributed by atoms with Crippen LogP contribution in [0.4, 0.5) is 0 Å². The largest absolute Gasteiger partial charge is 0.772 e. The summed E-state index contributed by atoms with van der Waals surface area (Å²) in [6, 6.07) is 14.9. The lowest BCUT2D eigenvalue weighted by Gasteiger charge is -2.20. The van der Waals surface area contributed by atoms with Crippen LogP contribution in [0.15, 0.2) is 48.5 Å². The third-order valence-corrected chi connectivity index (χ3v) is 3.94. The molecule has 2 aromatic carbocycles. The zero-order valence-corrected chi connectivity index (χ0v) is 12.8. The lowest BCUT2D eigenvalue weighted by Crippen LogP contribution is -2.11. The summed E-state index contributed by atoms with van der Waals surface area (Å²) in [5.74, 6) is 1.32. The maximum absolute atomic E-state index is 11.2. The van der Waals surface area contributed by atoms with E-state index >= 15 is 0 Å². The molecule has 0 bridgehead atoms. The molecule has 4 nitrogen and oxygen atoms in total. The van der Waals surface area contributed by atoms with Gasteiger partial charge in [-0.25, -0.2) is 0 Å². The van der Waals surface area contributed by atoms with Crippen LogP contribution < -0.4 is 9.47 Å². The van der Waals surface area contributed by atoms with Gasteiger partial charge in [0, 0.05) is 11.7 Å². The molecule has 0 saturated carbocycles. The van der Waals surface area contributed by atoms with E-state index in [9.17, 15) is 8.76 Å². The van der Waals surface area contributed by atoms with Crippen molar-refractivity contribution in [1.29, 1.82) is 0 Å². The third kappa shape index (κ3) is 4.06. The molecule has 5 heteroatoms. The van der Waals surface area contributed by atoms with Gasteiger partial charge in [0.25, 0.3) is 0 Å². The summed E-state index contributed by atoms with van der Waals surface area (Å²) in [6.45, 7) is 0. The van der Waals surface area contributed by atoms with Crippen molar-refractivity contribution in [2.45, 2.75) is 5.92 Å². The first kappa shape index (κ1) is 15.5. The molecule has 2 aromatic rings. The molecule has 0 radical (unpaired) electrons. The number of rotatable bonds is 6. The van der Waals surface area contributed by atoms with E-state index in [-0.39, 0.29) is 11.7 Å². The van der Waals surface area contributed by atoms with Gasteiger partial charge in [-0.1, -0.05) is 35.3 Å². The van der Waals surface area contributed by atoms with Crippen LogP contribution in [0.5, 0.6) is 11.5 Å². The Morgan fingerprint density at radius 2 is 1.29 bits per heavy atom. The summed E-state index contributed by atoms with van der Waals surface area (Å²) in [5, 5.41) is 0. The molecule has 0 aromatic heterocycles. The lowest BCUT2D eigenvalue weighted by molar-refractivity contribution is 0.414. The highest BCUT2D eigenvalue weighted by atomic mass is 32.2. The van der Waals surface area contributed by atoms with Crippen molar-refractivity contribution in [2.75, 3.05) is 20.0 Å². The molecule has 0 aliphatic heterocycles. The van der Waals surface area contributed by atoms with Gasteiger partial charge in [-0.15, -0.1) is 0 Å². The Bertz CT molecular complexity index is 545. The summed E-state index contributed by atoms with van der Waals surface area (Å²) >= 11 is -2.12. The first-order valence-corrected chi connectivity index (χ1v) is 7.72. The Hall–Kier alpha value is -1.85. The van der Waals surface area contributed by atoms with Crippen LogP contribution in [-0.2, 0) is 11.1 Å². The minimum Gasteiger partial charge on any atom is -0.772 e. The van der Waals surface area contributed by atoms with Crippen molar-refractivity contribution < 1.29 is 18.2 Å². The fourth-order valence-corrected chi connectivity index (χ4v) is 2.85. The predicted molar refractivity (Wildman–Crippen MR) is 81.6 cm³/mol. The number of methoxy groups -OCH3 is 2. The second-order valence-corrected chi connectivity index (χ2v) is 5.51. The minimum absolute atomic E-state index is 0.0403. The van der Waals surface area contributed by atoms with Crippen molar-refractivity contribution in [1.82, 2.24) is 0 Å². The van der Waals surface area contributed by atoms with Crippen LogP contribution in [0.1, 0.15) is 17.0 Å². The Kier molecular flexibility index (Phi) is 5.36. The van der Waals surface area contributed by atoms with Gasteiger partial charge < -0.3 is 14.0 Å². The standard InChI is InChI=1S/C16H18O4S/c1-19-14-7-3-12(4-8-14)16(11-21(17)18)13-5-9-15(20-2)10-6-13/h3-10,16H,11H2,1-2H3,(H,17,18)/p-1. The number of benzene rings is 2. The zero-order chi connectivity index (χ0) is 15.2. The highest BCUT2D eigenvalue weighted by Crippen LogP contribution is 2.28. The second kappa shape index (κ2) is 7.24. The molecule has 0 fully saturated rings. The smallest absolute Gasteiger partial charge is 0.118 e. The van der Waals surface area contributed by atoms with Gasteiger partial charge in [0.05, 0.1) is 14.2 Å². The molecule has 112 valence electrons. The molecular formula is C16H17O4S-. The molecule has 0 N–H and O–H groups in total. The van der Waals surface area contributed by atoms with Crippen LogP contribution in [-0.4, -0.2) is 28.7 Å². The highest BCUT2D eigenvalue weighted by molar-refractivity contribution is 7.79. The Balaban J connectivity index is 2.33. The maximum Gasteiger partial charge on any atom is 0.118 e. The minimum atomic E-state index is -2.12. The van der Waals surface area contributed by atoms with Crippen molar-refractivity contribution >= 4 is 11.1 Å². The van der Waals surface area contributed by atoms with Gasteiger partial charge in [0.15, 0.2) is 0 Å². The first-order chi connectivity index (χ1) is 10.1. The molecule has 1 atom stereocenters. The monoisotopic (exact) mass is 305 g/mol. The first-order valence-electron chi connectivity index (χ1n) is 6.48. The molecular weight excluding hydrogens is 288 g/mol. The van der Waals surface area contributed by atoms with Crippen LogP contribution >= 0.6 is 0 Å². The predicted octanol–water partition coefficient (Wildman–Crippen LogP) is 2.71. The molecule has 0 saturated heterocycles. The van der Waals surface area contributed by atoms with Gasteiger partial charge >= 0.3 is 0 Å². The number of hydrogen-bond acceptors (Lipinski definition) is 4. The molecule has 0 amide bonds. The van der Waals surface area contributed by atoms with E-state index < -0.39 is 11.1 Å². The van der Waals surface area contributed by atoms with Gasteiger partial charge in [0.2, 0.25) is 0 Å². The molecule has 1 unspecified atom stereocenters. The maximum atomic E-state index is 11.2. The van der Waals surface area contributed by atoms with E-state index in [0.717, 1.165) is 22.6 Å². The average molecular weight is 305 g/mol. The van der Waals surface area contributed by atoms with Crippen molar-refractivity contribution in [3.8, 4) is 11.5 Å². The Morgan fingerprint density at radius 1 is 0.905 bits per heavy atom. The highest BCUT2D eigenvalue weighted by Gasteiger charge is 2.15. The summed E-state index contributed by atoms with van der Waals surface area (Å²) < 4.78 is 32.6. The molecule has 0 spiro atoms. The van der Waals surface area contributed by atoms with E-state index in [0.29, 0.717) is 0 Å². The van der Waals surface area contributed by atoms with E-state index in [1.165, 1.54) is 0 Å². The van der Waals surface area contributed by atoms with E-state index in [1.807, 2.05) is 48.5 Å². The van der Waals surface area contributed by atoms with E-state index in [4.69, 9.17) is 9.47 Å². The fourth-order valence-electron chi connectivity index (χ4n) is 2.19. The van der Waals surface area contributed by atoms with Crippen molar-refractivity contribution in [2.24, 2.45) is 0 Å². The molecule has 0 aliphatic rings. The van der Waals surface area contributed by atoms with Crippen molar-refractivity contribution in [3.05, 3.63) is 59.7 Å². The normalized spacial score (nSPS) is 12.2. The Labute approximate surface area is 127 Å². The summed E-state index contributed by atoms with van der Waals surface area (Å²) in [5.41, 5.74) is 1.87. The summed E-state index contributed by atoms with van der Waals surface area (Å²) in [4.78, 5) is 0. The van der Waals surface area contributed by atoms with Crippen LogP contribution in [0.3, 0.4) is 0 Å². The van der Waals surface area contributed by atoms with Crippen LogP contribution in [0.2, 0.25) is 0 Å². The topological polar surface area (TPSA) is 58.6 Å². The van der Waals surface area contributed by atoms with Gasteiger partial charge in [0.1, 0.15) is 11.5 Å². The van der Waals surface area contributed by atoms with E-state index in [2.05, 4.69) is 0 Å². The molecule has 21 heavy (non-hydrogen) atoms. The van der Waals surface area contributed by atoms with Gasteiger partial charge in [-0.3, -0.25) is 4.21 Å². The lowest BCUT2D eigenvalue weighted by atomic mass is 9.93. The third-order valence-electron chi connectivity index (χ3n) is 3.34. The Morgan fingerprint density at radius 3 is 1.57 bits per heavy atom. The van der Waals surface area contributed by atoms with Crippen LogP contribution in [0, 0.1) is 0 Å². The average Bonchev–Trinajstić information content (AvgIpc) is 2.53. The quantitative estimate of drug-likeness (QED) is 0.770. The molecule has 0 aliphatic carbocycles. The number of ether oxygens (including phenoxy) is 2. The summed E-state index contributed by atoms with van der Waals surface area (Å²) in [6.07, 6.45) is 0. The van der Waals surface area contributed by atoms with Crippen LogP contribution in [0.25, 0.3) is 0 Å². The summed E-state index contributed by atoms with van der Waals surface area (Å²) in [7, 11) is 3.20. The van der Waals surface area contributed by atoms with Crippen molar-refractivity contribution in [3.63, 3.8) is 0 Å². The molecule has 0 heterocycles. The fraction of sp³-hybridized carbons (Fsp3) is 0.250. The number of hydrogen-bond donors (Lipinski definition) is 0.